The summed E-state index contributed by atoms with van der Waals surface area (Å²) in [6, 6.07) is 0. The van der Waals surface area contributed by atoms with Gasteiger partial charge in [0.15, 0.2) is 0 Å². The first-order valence-electron chi connectivity index (χ1n) is 6.23. The second-order valence-electron chi connectivity index (χ2n) is 4.95. The van der Waals surface area contributed by atoms with E-state index in [0.717, 1.165) is 25.8 Å². The molecular formula is C12H24N2O2. The number of hydrogen-bond acceptors (Lipinski definition) is 3. The van der Waals surface area contributed by atoms with Crippen molar-refractivity contribution in [1.82, 2.24) is 4.90 Å². The van der Waals surface area contributed by atoms with Crippen molar-refractivity contribution in [3.63, 3.8) is 0 Å². The topological polar surface area (TPSA) is 66.6 Å². The number of amides is 1. The molecule has 4 nitrogen and oxygen atoms in total. The molecule has 0 bridgehead atoms. The third-order valence-electron chi connectivity index (χ3n) is 3.49. The van der Waals surface area contributed by atoms with Crippen LogP contribution < -0.4 is 5.73 Å². The van der Waals surface area contributed by atoms with E-state index in [1.54, 1.807) is 4.90 Å². The summed E-state index contributed by atoms with van der Waals surface area (Å²) >= 11 is 0. The fourth-order valence-corrected chi connectivity index (χ4v) is 2.11. The van der Waals surface area contributed by atoms with Crippen molar-refractivity contribution in [3.8, 4) is 0 Å². The molecule has 0 aromatic heterocycles. The number of hydrogen-bond donors (Lipinski definition) is 2. The highest BCUT2D eigenvalue weighted by molar-refractivity contribution is 5.78. The zero-order valence-corrected chi connectivity index (χ0v) is 10.4. The molecule has 0 aliphatic carbocycles. The van der Waals surface area contributed by atoms with Crippen LogP contribution in [-0.2, 0) is 4.79 Å². The Labute approximate surface area is 97.8 Å². The van der Waals surface area contributed by atoms with Crippen molar-refractivity contribution in [1.29, 1.82) is 0 Å². The van der Waals surface area contributed by atoms with Gasteiger partial charge in [-0.15, -0.1) is 0 Å². The first-order valence-corrected chi connectivity index (χ1v) is 6.23. The van der Waals surface area contributed by atoms with Crippen molar-refractivity contribution in [2.45, 2.75) is 39.2 Å². The van der Waals surface area contributed by atoms with Gasteiger partial charge >= 0.3 is 0 Å². The van der Waals surface area contributed by atoms with Gasteiger partial charge in [-0.05, 0) is 31.7 Å². The fraction of sp³-hybridized carbons (Fsp3) is 0.917. The molecule has 0 aromatic carbocycles. The average Bonchev–Trinajstić information content (AvgIpc) is 2.28. The summed E-state index contributed by atoms with van der Waals surface area (Å²) in [4.78, 5) is 13.8. The maximum absolute atomic E-state index is 12.0. The predicted molar refractivity (Wildman–Crippen MR) is 63.8 cm³/mol. The van der Waals surface area contributed by atoms with Crippen molar-refractivity contribution < 1.29 is 9.90 Å². The van der Waals surface area contributed by atoms with Crippen molar-refractivity contribution in [2.24, 2.45) is 17.6 Å². The second-order valence-corrected chi connectivity index (χ2v) is 4.95. The molecule has 3 atom stereocenters. The maximum atomic E-state index is 12.0. The van der Waals surface area contributed by atoms with Crippen LogP contribution in [-0.4, -0.2) is 41.7 Å². The molecule has 0 saturated carbocycles. The molecule has 3 N–H and O–H groups in total. The molecule has 16 heavy (non-hydrogen) atoms. The number of nitrogens with two attached hydrogens (primary N) is 1. The normalized spacial score (nSPS) is 27.9. The lowest BCUT2D eigenvalue weighted by molar-refractivity contribution is -0.139. The SMILES string of the molecule is CC(CCCN)C(=O)N1CCC(C)C(O)C1. The number of aliphatic hydroxyl groups is 1. The average molecular weight is 228 g/mol. The standard InChI is InChI=1S/C12H24N2O2/c1-9-5-7-14(8-11(9)15)12(16)10(2)4-3-6-13/h9-11,15H,3-8,13H2,1-2H3. The maximum Gasteiger partial charge on any atom is 0.225 e. The van der Waals surface area contributed by atoms with E-state index in [2.05, 4.69) is 0 Å². The zero-order valence-electron chi connectivity index (χ0n) is 10.4. The summed E-state index contributed by atoms with van der Waals surface area (Å²) in [7, 11) is 0. The smallest absolute Gasteiger partial charge is 0.225 e. The molecule has 1 amide bonds. The molecule has 1 aliphatic heterocycles. The van der Waals surface area contributed by atoms with Gasteiger partial charge in [0.05, 0.1) is 6.10 Å². The number of piperidine rings is 1. The molecule has 1 heterocycles. The Morgan fingerprint density at radius 2 is 2.31 bits per heavy atom. The highest BCUT2D eigenvalue weighted by atomic mass is 16.3. The number of β-amino-alcohol motifs (C(OH)–C–C–N with tert-alkyl or cyclic N) is 1. The Kier molecular flexibility index (Phi) is 5.22. The minimum atomic E-state index is -0.362. The zero-order chi connectivity index (χ0) is 12.1. The monoisotopic (exact) mass is 228 g/mol. The van der Waals surface area contributed by atoms with E-state index in [4.69, 9.17) is 5.73 Å². The molecule has 3 unspecified atom stereocenters. The third-order valence-corrected chi connectivity index (χ3v) is 3.49. The Morgan fingerprint density at radius 1 is 1.62 bits per heavy atom. The van der Waals surface area contributed by atoms with Crippen LogP contribution in [0.5, 0.6) is 0 Å². The lowest BCUT2D eigenvalue weighted by Crippen LogP contribution is -2.47. The van der Waals surface area contributed by atoms with Gasteiger partial charge in [-0.25, -0.2) is 0 Å². The van der Waals surface area contributed by atoms with Gasteiger partial charge in [0.2, 0.25) is 5.91 Å². The van der Waals surface area contributed by atoms with Gasteiger partial charge in [-0.1, -0.05) is 13.8 Å². The van der Waals surface area contributed by atoms with Crippen LogP contribution in [0.1, 0.15) is 33.1 Å². The minimum Gasteiger partial charge on any atom is -0.391 e. The third kappa shape index (κ3) is 3.46. The summed E-state index contributed by atoms with van der Waals surface area (Å²) in [6.45, 7) is 5.89. The van der Waals surface area contributed by atoms with Crippen molar-refractivity contribution in [2.75, 3.05) is 19.6 Å². The summed E-state index contributed by atoms with van der Waals surface area (Å²) in [5.41, 5.74) is 5.43. The molecule has 0 spiro atoms. The fourth-order valence-electron chi connectivity index (χ4n) is 2.11. The van der Waals surface area contributed by atoms with Crippen LogP contribution in [0, 0.1) is 11.8 Å². The van der Waals surface area contributed by atoms with Gasteiger partial charge in [0.25, 0.3) is 0 Å². The summed E-state index contributed by atoms with van der Waals surface area (Å²) in [5, 5.41) is 9.74. The highest BCUT2D eigenvalue weighted by Crippen LogP contribution is 2.19. The molecule has 0 aromatic rings. The second kappa shape index (κ2) is 6.21. The number of aliphatic hydroxyl groups excluding tert-OH is 1. The highest BCUT2D eigenvalue weighted by Gasteiger charge is 2.29. The Morgan fingerprint density at radius 3 is 2.88 bits per heavy atom. The summed E-state index contributed by atoms with van der Waals surface area (Å²) in [5.74, 6) is 0.506. The Balaban J connectivity index is 2.42. The molecule has 0 radical (unpaired) electrons. The molecule has 94 valence electrons. The van der Waals surface area contributed by atoms with Crippen LogP contribution in [0.15, 0.2) is 0 Å². The van der Waals surface area contributed by atoms with E-state index in [-0.39, 0.29) is 17.9 Å². The van der Waals surface area contributed by atoms with Gasteiger partial charge in [-0.3, -0.25) is 4.79 Å². The van der Waals surface area contributed by atoms with E-state index >= 15 is 0 Å². The van der Waals surface area contributed by atoms with Gasteiger partial charge in [-0.2, -0.15) is 0 Å². The van der Waals surface area contributed by atoms with Crippen LogP contribution in [0.2, 0.25) is 0 Å². The quantitative estimate of drug-likeness (QED) is 0.740. The van der Waals surface area contributed by atoms with E-state index in [1.165, 1.54) is 0 Å². The molecular weight excluding hydrogens is 204 g/mol. The van der Waals surface area contributed by atoms with Gasteiger partial charge in [0.1, 0.15) is 0 Å². The lowest BCUT2D eigenvalue weighted by atomic mass is 9.94. The number of rotatable bonds is 4. The molecule has 1 fully saturated rings. The Hall–Kier alpha value is -0.610. The van der Waals surface area contributed by atoms with Crippen molar-refractivity contribution in [3.05, 3.63) is 0 Å². The van der Waals surface area contributed by atoms with E-state index in [1.807, 2.05) is 13.8 Å². The summed E-state index contributed by atoms with van der Waals surface area (Å²) in [6.07, 6.45) is 2.27. The number of carbonyl (C=O) groups excluding carboxylic acids is 1. The van der Waals surface area contributed by atoms with E-state index < -0.39 is 0 Å². The number of likely N-dealkylation sites (tertiary alicyclic amines) is 1. The largest absolute Gasteiger partial charge is 0.391 e. The number of nitrogens with zero attached hydrogens (tertiary/aromatic N) is 1. The molecule has 1 rings (SSSR count). The Bertz CT molecular complexity index is 233. The van der Waals surface area contributed by atoms with E-state index in [0.29, 0.717) is 19.0 Å². The van der Waals surface area contributed by atoms with Crippen LogP contribution in [0.4, 0.5) is 0 Å². The van der Waals surface area contributed by atoms with Crippen LogP contribution in [0.25, 0.3) is 0 Å². The van der Waals surface area contributed by atoms with E-state index in [9.17, 15) is 9.90 Å². The predicted octanol–water partition coefficient (Wildman–Crippen LogP) is 0.591. The lowest BCUT2D eigenvalue weighted by Gasteiger charge is -2.35. The first kappa shape index (κ1) is 13.5. The minimum absolute atomic E-state index is 0.0316. The van der Waals surface area contributed by atoms with Gasteiger partial charge < -0.3 is 15.7 Å². The van der Waals surface area contributed by atoms with Crippen LogP contribution >= 0.6 is 0 Å². The van der Waals surface area contributed by atoms with Crippen LogP contribution in [0.3, 0.4) is 0 Å². The van der Waals surface area contributed by atoms with Crippen molar-refractivity contribution >= 4 is 5.91 Å². The van der Waals surface area contributed by atoms with Gasteiger partial charge in [0, 0.05) is 19.0 Å². The summed E-state index contributed by atoms with van der Waals surface area (Å²) < 4.78 is 0. The number of carbonyl (C=O) groups is 1. The molecule has 1 aliphatic rings. The first-order chi connectivity index (χ1) is 7.56. The molecule has 4 heteroatoms. The molecule has 1 saturated heterocycles.